The van der Waals surface area contributed by atoms with Gasteiger partial charge in [0.1, 0.15) is 50.9 Å². The summed E-state index contributed by atoms with van der Waals surface area (Å²) >= 11 is 5.39. The number of hydrogen-bond acceptors (Lipinski definition) is 13. The first-order valence-electron chi connectivity index (χ1n) is 53.4. The average Bonchev–Trinajstić information content (AvgIpc) is 1.50. The molecule has 0 amide bonds. The van der Waals surface area contributed by atoms with E-state index in [1.165, 1.54) is 82.8 Å². The van der Waals surface area contributed by atoms with E-state index in [-0.39, 0.29) is 54.8 Å². The predicted molar refractivity (Wildman–Crippen MR) is 608 cm³/mol. The van der Waals surface area contributed by atoms with E-state index in [1.807, 2.05) is 11.8 Å². The fourth-order valence-electron chi connectivity index (χ4n) is 32.5. The van der Waals surface area contributed by atoms with Gasteiger partial charge in [-0.3, -0.25) is 0 Å². The highest BCUT2D eigenvalue weighted by Crippen LogP contribution is 2.74. The first-order chi connectivity index (χ1) is 70.5. The average molecular weight is 2010 g/mol. The van der Waals surface area contributed by atoms with Gasteiger partial charge in [0.15, 0.2) is 26.7 Å². The molecule has 4 atom stereocenters. The molecule has 748 valence electrons. The van der Waals surface area contributed by atoms with Crippen LogP contribution < -0.4 is 42.8 Å². The molecule has 6 heterocycles. The largest absolute Gasteiger partial charge is 0.497 e. The van der Waals surface area contributed by atoms with E-state index in [2.05, 4.69) is 415 Å². The first kappa shape index (κ1) is 94.2. The second-order valence-corrected chi connectivity index (χ2v) is 56.2. The Kier molecular flexibility index (Phi) is 20.2. The molecule has 10 nitrogen and oxygen atoms in total. The number of fused-ring (bicyclic) bond motifs is 33. The monoisotopic (exact) mass is 2010 g/mol. The predicted octanol–water partition coefficient (Wildman–Crippen LogP) is 35.3. The molecule has 0 bridgehead atoms. The van der Waals surface area contributed by atoms with Crippen molar-refractivity contribution in [1.29, 1.82) is 0 Å². The number of methoxy groups -OCH3 is 3. The highest BCUT2D eigenvalue weighted by Gasteiger charge is 2.62. The fourth-order valence-corrected chi connectivity index (χ4v) is 35.7. The van der Waals surface area contributed by atoms with E-state index in [0.29, 0.717) is 0 Å². The van der Waals surface area contributed by atoms with Gasteiger partial charge in [-0.15, -0.1) is 0 Å². The molecule has 0 N–H and O–H groups in total. The van der Waals surface area contributed by atoms with Crippen molar-refractivity contribution in [3.63, 3.8) is 0 Å². The molecular weight excluding hydrogens is 1880 g/mol. The Hall–Kier alpha value is -12.2. The molecule has 6 aliphatic heterocycles. The maximum Gasteiger partial charge on any atom is 0.178 e. The number of ether oxygens (including phenoxy) is 9. The summed E-state index contributed by atoms with van der Waals surface area (Å²) in [5, 5.41) is 4.43. The van der Waals surface area contributed by atoms with Crippen molar-refractivity contribution < 1.29 is 42.6 Å². The van der Waals surface area contributed by atoms with Crippen LogP contribution in [-0.4, -0.2) is 42.2 Å². The summed E-state index contributed by atoms with van der Waals surface area (Å²) in [6, 6.07) is 90.9. The van der Waals surface area contributed by atoms with Crippen molar-refractivity contribution in [3.8, 4) is 79.4 Å². The maximum atomic E-state index is 8.47. The lowest BCUT2D eigenvalue weighted by Gasteiger charge is -2.52. The second-order valence-electron chi connectivity index (χ2n) is 51.3. The molecule has 4 unspecified atom stereocenters. The van der Waals surface area contributed by atoms with Gasteiger partial charge in [0.05, 0.1) is 37.2 Å². The highest BCUT2D eigenvalue weighted by atomic mass is 32.2. The van der Waals surface area contributed by atoms with Gasteiger partial charge in [0, 0.05) is 111 Å². The van der Waals surface area contributed by atoms with Gasteiger partial charge in [0.2, 0.25) is 0 Å². The van der Waals surface area contributed by atoms with Crippen molar-refractivity contribution in [2.24, 2.45) is 32.5 Å². The van der Waals surface area contributed by atoms with Gasteiger partial charge in [-0.05, 0) is 336 Å². The van der Waals surface area contributed by atoms with E-state index < -0.39 is 31.6 Å². The van der Waals surface area contributed by atoms with E-state index >= 15 is 0 Å². The number of benzene rings is 14. The second kappa shape index (κ2) is 31.7. The zero-order valence-corrected chi connectivity index (χ0v) is 91.6. The lowest BCUT2D eigenvalue weighted by molar-refractivity contribution is 0.0238. The number of hydrogen-bond donors (Lipinski definition) is 0. The molecule has 27 rings (SSSR count). The van der Waals surface area contributed by atoms with Crippen LogP contribution in [0.15, 0.2) is 276 Å². The van der Waals surface area contributed by atoms with Crippen LogP contribution >= 0.6 is 35.3 Å². The van der Waals surface area contributed by atoms with E-state index in [4.69, 9.17) is 42.6 Å². The van der Waals surface area contributed by atoms with Crippen LogP contribution in [0, 0.1) is 32.5 Å². The standard InChI is InChI=1S/C135H131NO9S3/c1-121(2)70-122(3,4)74-130(73-121)103-31-25-22-28-91(103)112-97-64-106-109(146-127(13,14)140-106)67-100(97)118-94(115(112)130)58-61-133(143-118,82-40-52-88(137-19)53-41-82)79-34-46-85(47-35-79)136(86-48-36-80(37-49-86)134(83-42-54-89(138-20)55-43-83)62-59-95-116-113(98-65-107-110(147-128(15,16)141-107)68-101(98)119(95)144-134)92-29-23-26-32-104(92)131(116)75-123(5,6)71-124(7,8)76-131)87-50-38-81(39-51-87)135(84-44-56-90(139-21)57-45-84)63-60-96-117-114(99-66-108-111(148-129(17,18)142-108)69-102(99)120(96)145-135)93-30-24-27-33-105(93)132(117)77-125(9,10)72-126(11,12)78-132/h22-65,67-69,108H,66,70-78H2,1-21H3. The minimum absolute atomic E-state index is 0.0233. The molecule has 13 aliphatic rings. The summed E-state index contributed by atoms with van der Waals surface area (Å²) in [6.45, 7) is 43.2. The van der Waals surface area contributed by atoms with Crippen LogP contribution in [0.3, 0.4) is 0 Å². The van der Waals surface area contributed by atoms with Gasteiger partial charge in [0.25, 0.3) is 0 Å². The molecule has 3 spiro atoms. The molecule has 1 saturated heterocycles. The lowest BCUT2D eigenvalue weighted by atomic mass is 9.52. The van der Waals surface area contributed by atoms with Crippen molar-refractivity contribution in [2.45, 2.75) is 253 Å². The van der Waals surface area contributed by atoms with Gasteiger partial charge in [-0.2, -0.15) is 0 Å². The Bertz CT molecular complexity index is 7800. The van der Waals surface area contributed by atoms with Crippen LogP contribution in [-0.2, 0) is 44.2 Å². The van der Waals surface area contributed by atoms with Crippen molar-refractivity contribution in [2.75, 3.05) is 26.2 Å². The van der Waals surface area contributed by atoms with Crippen LogP contribution in [0.4, 0.5) is 17.1 Å². The highest BCUT2D eigenvalue weighted by molar-refractivity contribution is 8.04. The van der Waals surface area contributed by atoms with Crippen LogP contribution in [0.5, 0.6) is 46.0 Å². The Labute approximate surface area is 885 Å². The van der Waals surface area contributed by atoms with Gasteiger partial charge in [-0.25, -0.2) is 0 Å². The molecule has 148 heavy (non-hydrogen) atoms. The molecule has 0 aromatic heterocycles. The Balaban J connectivity index is 0.654. The number of thioether (sulfide) groups is 3. The summed E-state index contributed by atoms with van der Waals surface area (Å²) in [5.74, 6) is 6.77. The number of anilines is 3. The Morgan fingerprint density at radius 3 is 0.939 bits per heavy atom. The van der Waals surface area contributed by atoms with Crippen LogP contribution in [0.1, 0.15) is 277 Å². The van der Waals surface area contributed by atoms with E-state index in [0.717, 1.165) is 209 Å². The molecule has 14 aromatic rings. The summed E-state index contributed by atoms with van der Waals surface area (Å²) < 4.78 is 64.4. The zero-order chi connectivity index (χ0) is 102. The van der Waals surface area contributed by atoms with Gasteiger partial charge in [-0.1, -0.05) is 282 Å². The van der Waals surface area contributed by atoms with Crippen molar-refractivity contribution in [3.05, 3.63) is 360 Å². The SMILES string of the molecule is COc1ccc(C2(c3ccc(N(c4ccc(C5(c6ccc(OC)cc6)C=Cc6c7c(c8cc9c(cc8c6O5)SC(C)(C)O9)-c5ccccc5C75CC(C)(C)CC(C)(C)C5)cc4)c4ccc(C5(c6ccc(OC)cc6)C=Cc6c7c(c8cc9c(cc8c6O5)SC(C)(C)O9)-c5ccccc5C75CC(C)(C)CC(C)(C)C5)cc4)cc3)C=Cc3c(c4c(c5c3C3(CC(C)(C)CC(C)(C)C3)c3ccccc3-5)CC3OC(C)(C)SC3=C4)O2)cc1. The third-order valence-electron chi connectivity index (χ3n) is 35.2. The topological polar surface area (TPSA) is 86.3 Å². The molecule has 13 heteroatoms. The van der Waals surface area contributed by atoms with Crippen molar-refractivity contribution in [1.82, 2.24) is 0 Å². The Morgan fingerprint density at radius 2 is 0.601 bits per heavy atom. The number of rotatable bonds is 12. The van der Waals surface area contributed by atoms with Crippen LogP contribution in [0.2, 0.25) is 0 Å². The summed E-state index contributed by atoms with van der Waals surface area (Å²) in [4.78, 5) is 4.51. The van der Waals surface area contributed by atoms with E-state index in [9.17, 15) is 0 Å². The molecule has 4 fully saturated rings. The van der Waals surface area contributed by atoms with Crippen molar-refractivity contribution >= 4 is 98.2 Å². The minimum Gasteiger partial charge on any atom is -0.497 e. The zero-order valence-electron chi connectivity index (χ0n) is 89.1. The van der Waals surface area contributed by atoms with Crippen LogP contribution in [0.25, 0.3) is 79.2 Å². The summed E-state index contributed by atoms with van der Waals surface area (Å²) in [7, 11) is 5.24. The molecular formula is C135H131NO9S3. The quantitative estimate of drug-likeness (QED) is 0.116. The molecule has 14 aromatic carbocycles. The Morgan fingerprint density at radius 1 is 0.297 bits per heavy atom. The molecule has 3 saturated carbocycles. The third kappa shape index (κ3) is 14.2. The van der Waals surface area contributed by atoms with E-state index in [1.54, 1.807) is 44.9 Å². The summed E-state index contributed by atoms with van der Waals surface area (Å²) in [5.41, 5.74) is 26.5. The van der Waals surface area contributed by atoms with Gasteiger partial charge >= 0.3 is 0 Å². The molecule has 0 radical (unpaired) electrons. The van der Waals surface area contributed by atoms with Gasteiger partial charge < -0.3 is 47.5 Å². The lowest BCUT2D eigenvalue weighted by Crippen LogP contribution is -2.44. The number of nitrogens with zero attached hydrogens (tertiary/aromatic N) is 1. The maximum absolute atomic E-state index is 8.47. The molecule has 7 aliphatic carbocycles. The third-order valence-corrected chi connectivity index (χ3v) is 38.6. The minimum atomic E-state index is -1.17. The first-order valence-corrected chi connectivity index (χ1v) is 55.9. The fraction of sp³-hybridized carbons (Fsp3) is 0.348. The smallest absolute Gasteiger partial charge is 0.178 e. The normalized spacial score (nSPS) is 24.0. The summed E-state index contributed by atoms with van der Waals surface area (Å²) in [6.07, 6.45) is 27.0.